The van der Waals surface area contributed by atoms with Gasteiger partial charge in [-0.15, -0.1) is 0 Å². The summed E-state index contributed by atoms with van der Waals surface area (Å²) in [5.41, 5.74) is 4.03. The van der Waals surface area contributed by atoms with Gasteiger partial charge in [0, 0.05) is 5.69 Å². The van der Waals surface area contributed by atoms with Crippen molar-refractivity contribution in [2.75, 3.05) is 10.1 Å². The second kappa shape index (κ2) is 5.71. The number of hydrazine groups is 1. The molecule has 2 rings (SSSR count). The first kappa shape index (κ1) is 15.3. The van der Waals surface area contributed by atoms with Crippen molar-refractivity contribution < 1.29 is 12.8 Å². The number of anilines is 2. The quantitative estimate of drug-likeness (QED) is 0.598. The average Bonchev–Trinajstić information content (AvgIpc) is 2.40. The van der Waals surface area contributed by atoms with Crippen LogP contribution in [0.25, 0.3) is 0 Å². The second-order valence-electron chi connectivity index (χ2n) is 4.67. The van der Waals surface area contributed by atoms with Crippen molar-refractivity contribution in [1.82, 2.24) is 0 Å². The molecule has 5 nitrogen and oxygen atoms in total. The lowest BCUT2D eigenvalue weighted by molar-refractivity contribution is 0.597. The maximum Gasteiger partial charge on any atom is 0.262 e. The van der Waals surface area contributed by atoms with E-state index in [1.807, 2.05) is 0 Å². The number of benzene rings is 2. The van der Waals surface area contributed by atoms with Crippen LogP contribution in [0.3, 0.4) is 0 Å². The highest BCUT2D eigenvalue weighted by Gasteiger charge is 2.21. The zero-order valence-electron chi connectivity index (χ0n) is 11.6. The summed E-state index contributed by atoms with van der Waals surface area (Å²) in [4.78, 5) is 0.116. The Hall–Kier alpha value is -2.12. The van der Waals surface area contributed by atoms with E-state index in [0.29, 0.717) is 16.8 Å². The minimum Gasteiger partial charge on any atom is -0.324 e. The highest BCUT2D eigenvalue weighted by Crippen LogP contribution is 2.26. The zero-order valence-corrected chi connectivity index (χ0v) is 12.5. The van der Waals surface area contributed by atoms with Crippen LogP contribution in [0, 0.1) is 19.7 Å². The van der Waals surface area contributed by atoms with Crippen LogP contribution >= 0.6 is 0 Å². The van der Waals surface area contributed by atoms with Crippen LogP contribution < -0.4 is 16.0 Å². The largest absolute Gasteiger partial charge is 0.324 e. The number of sulfonamides is 1. The van der Waals surface area contributed by atoms with E-state index in [9.17, 15) is 12.8 Å². The van der Waals surface area contributed by atoms with Gasteiger partial charge in [0.15, 0.2) is 0 Å². The minimum atomic E-state index is -3.88. The number of nitrogens with one attached hydrogen (secondary N) is 2. The van der Waals surface area contributed by atoms with Crippen molar-refractivity contribution in [2.24, 2.45) is 5.84 Å². The van der Waals surface area contributed by atoms with Gasteiger partial charge in [0.1, 0.15) is 5.82 Å². The van der Waals surface area contributed by atoms with Crippen LogP contribution in [0.2, 0.25) is 0 Å². The number of rotatable bonds is 4. The Labute approximate surface area is 123 Å². The molecule has 2 aromatic rings. The van der Waals surface area contributed by atoms with Crippen molar-refractivity contribution in [1.29, 1.82) is 0 Å². The summed E-state index contributed by atoms with van der Waals surface area (Å²) >= 11 is 0. The molecule has 7 heteroatoms. The molecular formula is C14H16FN3O2S. The minimum absolute atomic E-state index is 0.0858. The van der Waals surface area contributed by atoms with Gasteiger partial charge in [-0.25, -0.2) is 12.8 Å². The molecule has 0 saturated heterocycles. The van der Waals surface area contributed by atoms with Crippen LogP contribution in [0.4, 0.5) is 15.8 Å². The van der Waals surface area contributed by atoms with Crippen LogP contribution in [0.15, 0.2) is 41.3 Å². The van der Waals surface area contributed by atoms with Crippen LogP contribution in [0.1, 0.15) is 11.1 Å². The van der Waals surface area contributed by atoms with Gasteiger partial charge < -0.3 is 5.43 Å². The van der Waals surface area contributed by atoms with Gasteiger partial charge in [-0.05, 0) is 49.2 Å². The predicted molar refractivity (Wildman–Crippen MR) is 80.9 cm³/mol. The molecule has 0 atom stereocenters. The Balaban J connectivity index is 2.48. The summed E-state index contributed by atoms with van der Waals surface area (Å²) in [7, 11) is -3.88. The number of para-hydroxylation sites is 1. The Bertz CT molecular complexity index is 753. The Morgan fingerprint density at radius 2 is 1.67 bits per heavy atom. The van der Waals surface area contributed by atoms with E-state index in [1.165, 1.54) is 18.2 Å². The number of nitrogens with two attached hydrogens (primary N) is 1. The molecule has 0 heterocycles. The Morgan fingerprint density at radius 3 is 2.19 bits per heavy atom. The molecule has 0 aliphatic carbocycles. The van der Waals surface area contributed by atoms with Crippen molar-refractivity contribution in [2.45, 2.75) is 18.7 Å². The topological polar surface area (TPSA) is 84.2 Å². The third-order valence-electron chi connectivity index (χ3n) is 3.01. The summed E-state index contributed by atoms with van der Waals surface area (Å²) in [5, 5.41) is 0. The summed E-state index contributed by atoms with van der Waals surface area (Å²) in [6.07, 6.45) is 0. The van der Waals surface area contributed by atoms with E-state index in [4.69, 9.17) is 5.84 Å². The number of hydrogen-bond acceptors (Lipinski definition) is 4. The van der Waals surface area contributed by atoms with Gasteiger partial charge in [0.2, 0.25) is 0 Å². The first-order chi connectivity index (χ1) is 9.85. The van der Waals surface area contributed by atoms with E-state index in [1.54, 1.807) is 32.0 Å². The Kier molecular flexibility index (Phi) is 4.15. The lowest BCUT2D eigenvalue weighted by Crippen LogP contribution is -2.17. The van der Waals surface area contributed by atoms with Gasteiger partial charge in [-0.3, -0.25) is 10.6 Å². The molecule has 0 aliphatic heterocycles. The maximum absolute atomic E-state index is 13.6. The van der Waals surface area contributed by atoms with E-state index in [0.717, 1.165) is 0 Å². The summed E-state index contributed by atoms with van der Waals surface area (Å²) in [6, 6.07) is 8.84. The lowest BCUT2D eigenvalue weighted by atomic mass is 10.1. The SMILES string of the molecule is Cc1cc(NN)cc(C)c1S(=O)(=O)Nc1ccccc1F. The molecule has 0 unspecified atom stereocenters. The molecular weight excluding hydrogens is 293 g/mol. The van der Waals surface area contributed by atoms with Crippen LogP contribution in [-0.4, -0.2) is 8.42 Å². The van der Waals surface area contributed by atoms with Gasteiger partial charge in [-0.2, -0.15) is 0 Å². The standard InChI is InChI=1S/C14H16FN3O2S/c1-9-7-11(17-16)8-10(2)14(9)21(19,20)18-13-6-4-3-5-12(13)15/h3-8,17-18H,16H2,1-2H3. The molecule has 0 saturated carbocycles. The Morgan fingerprint density at radius 1 is 1.10 bits per heavy atom. The van der Waals surface area contributed by atoms with Crippen LogP contribution in [-0.2, 0) is 10.0 Å². The van der Waals surface area contributed by atoms with Crippen LogP contribution in [0.5, 0.6) is 0 Å². The van der Waals surface area contributed by atoms with Crippen molar-refractivity contribution >= 4 is 21.4 Å². The molecule has 4 N–H and O–H groups in total. The number of aryl methyl sites for hydroxylation is 2. The van der Waals surface area contributed by atoms with E-state index in [-0.39, 0.29) is 10.6 Å². The fraction of sp³-hybridized carbons (Fsp3) is 0.143. The molecule has 0 aliphatic rings. The second-order valence-corrected chi connectivity index (χ2v) is 6.29. The van der Waals surface area contributed by atoms with Gasteiger partial charge in [0.25, 0.3) is 10.0 Å². The predicted octanol–water partition coefficient (Wildman–Crippen LogP) is 2.53. The van der Waals surface area contributed by atoms with Crippen molar-refractivity contribution in [3.8, 4) is 0 Å². The lowest BCUT2D eigenvalue weighted by Gasteiger charge is -2.14. The summed E-state index contributed by atoms with van der Waals surface area (Å²) < 4.78 is 40.8. The average molecular weight is 309 g/mol. The fourth-order valence-corrected chi connectivity index (χ4v) is 3.72. The highest BCUT2D eigenvalue weighted by atomic mass is 32.2. The molecule has 0 aromatic heterocycles. The monoisotopic (exact) mass is 309 g/mol. The van der Waals surface area contributed by atoms with Crippen molar-refractivity contribution in [3.63, 3.8) is 0 Å². The van der Waals surface area contributed by atoms with Crippen molar-refractivity contribution in [3.05, 3.63) is 53.3 Å². The molecule has 0 fully saturated rings. The molecule has 0 radical (unpaired) electrons. The highest BCUT2D eigenvalue weighted by molar-refractivity contribution is 7.92. The molecule has 0 bridgehead atoms. The van der Waals surface area contributed by atoms with Gasteiger partial charge in [-0.1, -0.05) is 12.1 Å². The number of nitrogen functional groups attached to an aromatic ring is 1. The van der Waals surface area contributed by atoms with Gasteiger partial charge in [0.05, 0.1) is 10.6 Å². The van der Waals surface area contributed by atoms with E-state index >= 15 is 0 Å². The number of hydrogen-bond donors (Lipinski definition) is 3. The van der Waals surface area contributed by atoms with E-state index < -0.39 is 15.8 Å². The third-order valence-corrected chi connectivity index (χ3v) is 4.68. The first-order valence-corrected chi connectivity index (χ1v) is 7.68. The zero-order chi connectivity index (χ0) is 15.6. The molecule has 2 aromatic carbocycles. The smallest absolute Gasteiger partial charge is 0.262 e. The molecule has 21 heavy (non-hydrogen) atoms. The number of halogens is 1. The summed E-state index contributed by atoms with van der Waals surface area (Å²) in [5.74, 6) is 4.70. The maximum atomic E-state index is 13.6. The first-order valence-electron chi connectivity index (χ1n) is 6.20. The molecule has 0 amide bonds. The van der Waals surface area contributed by atoms with Gasteiger partial charge >= 0.3 is 0 Å². The van der Waals surface area contributed by atoms with E-state index in [2.05, 4.69) is 10.1 Å². The normalized spacial score (nSPS) is 11.2. The summed E-state index contributed by atoms with van der Waals surface area (Å²) in [6.45, 7) is 3.31. The molecule has 0 spiro atoms. The fourth-order valence-electron chi connectivity index (χ4n) is 2.20. The molecule has 112 valence electrons. The third kappa shape index (κ3) is 3.14.